The minimum Gasteiger partial charge on any atom is -0.457 e. The Kier molecular flexibility index (Phi) is 7.67. The number of aldehydes is 1. The van der Waals surface area contributed by atoms with E-state index in [4.69, 9.17) is 4.74 Å². The van der Waals surface area contributed by atoms with Gasteiger partial charge in [-0.05, 0) is 106 Å². The van der Waals surface area contributed by atoms with E-state index in [9.17, 15) is 22.8 Å². The second-order valence-electron chi connectivity index (χ2n) is 9.17. The number of hydrogen-bond acceptors (Lipinski definition) is 4. The van der Waals surface area contributed by atoms with Gasteiger partial charge in [-0.2, -0.15) is 13.2 Å². The zero-order valence-corrected chi connectivity index (χ0v) is 22.1. The molecule has 37 heavy (non-hydrogen) atoms. The van der Waals surface area contributed by atoms with E-state index in [-0.39, 0.29) is 22.5 Å². The fourth-order valence-electron chi connectivity index (χ4n) is 4.51. The smallest absolute Gasteiger partial charge is 0.417 e. The van der Waals surface area contributed by atoms with Crippen LogP contribution in [0.1, 0.15) is 60.6 Å². The minimum atomic E-state index is -4.54. The van der Waals surface area contributed by atoms with Crippen molar-refractivity contribution in [2.45, 2.75) is 61.6 Å². The molecule has 3 rings (SSSR count). The van der Waals surface area contributed by atoms with E-state index in [1.807, 2.05) is 27.7 Å². The molecule has 0 bridgehead atoms. The number of aromatic nitrogens is 1. The lowest BCUT2D eigenvalue weighted by Gasteiger charge is -2.24. The SMILES string of the molecule is Cc1c(C)c(NC(=O)Nc2c(C)c(C)c(Oc3ccnc(C=O)c3)c(C)c2C)c(C)c(C(F)(F)F)c1C. The van der Waals surface area contributed by atoms with Crippen LogP contribution in [0, 0.1) is 55.4 Å². The molecule has 2 aromatic carbocycles. The molecule has 0 unspecified atom stereocenters. The standard InChI is InChI=1S/C28H30F3N3O3/c1-13-14(2)23(28(29,30)31)20(8)25(15(13)3)34-27(36)33-24-16(4)18(6)26(19(7)17(24)5)37-22-9-10-32-21(11-22)12-35/h9-12H,1-8H3,(H2,33,34,36). The number of rotatable bonds is 5. The summed E-state index contributed by atoms with van der Waals surface area (Å²) in [4.78, 5) is 28.0. The third kappa shape index (κ3) is 5.30. The van der Waals surface area contributed by atoms with E-state index in [1.165, 1.54) is 26.1 Å². The van der Waals surface area contributed by atoms with Crippen molar-refractivity contribution in [3.63, 3.8) is 0 Å². The number of halogens is 3. The third-order valence-electron chi connectivity index (χ3n) is 7.03. The Morgan fingerprint density at radius 1 is 0.811 bits per heavy atom. The molecule has 0 saturated heterocycles. The van der Waals surface area contributed by atoms with Crippen LogP contribution in [0.5, 0.6) is 11.5 Å². The van der Waals surface area contributed by atoms with Gasteiger partial charge in [0.2, 0.25) is 0 Å². The summed E-state index contributed by atoms with van der Waals surface area (Å²) in [7, 11) is 0. The van der Waals surface area contributed by atoms with Crippen LogP contribution in [0.2, 0.25) is 0 Å². The number of ether oxygens (including phenoxy) is 1. The Morgan fingerprint density at radius 3 is 1.84 bits per heavy atom. The summed E-state index contributed by atoms with van der Waals surface area (Å²) in [6.45, 7) is 13.4. The number of nitrogens with one attached hydrogen (secondary N) is 2. The van der Waals surface area contributed by atoms with Gasteiger partial charge in [-0.1, -0.05) is 0 Å². The maximum Gasteiger partial charge on any atom is 0.417 e. The van der Waals surface area contributed by atoms with Gasteiger partial charge in [0.05, 0.1) is 5.56 Å². The zero-order valence-electron chi connectivity index (χ0n) is 22.1. The first-order valence-electron chi connectivity index (χ1n) is 11.6. The van der Waals surface area contributed by atoms with Gasteiger partial charge >= 0.3 is 12.2 Å². The van der Waals surface area contributed by atoms with Gasteiger partial charge in [0.15, 0.2) is 6.29 Å². The van der Waals surface area contributed by atoms with Gasteiger partial charge in [-0.15, -0.1) is 0 Å². The van der Waals surface area contributed by atoms with Gasteiger partial charge < -0.3 is 15.4 Å². The Labute approximate surface area is 214 Å². The van der Waals surface area contributed by atoms with E-state index in [0.29, 0.717) is 34.6 Å². The first-order chi connectivity index (χ1) is 17.2. The molecule has 9 heteroatoms. The second-order valence-corrected chi connectivity index (χ2v) is 9.17. The van der Waals surface area contributed by atoms with Crippen molar-refractivity contribution in [2.24, 2.45) is 0 Å². The van der Waals surface area contributed by atoms with Crippen molar-refractivity contribution in [3.8, 4) is 11.5 Å². The number of nitrogens with zero attached hydrogens (tertiary/aromatic N) is 1. The predicted octanol–water partition coefficient (Wildman–Crippen LogP) is 7.82. The number of benzene rings is 2. The summed E-state index contributed by atoms with van der Waals surface area (Å²) in [5.74, 6) is 1.03. The summed E-state index contributed by atoms with van der Waals surface area (Å²) in [5.41, 5.74) is 4.36. The van der Waals surface area contributed by atoms with Crippen LogP contribution in [0.25, 0.3) is 0 Å². The van der Waals surface area contributed by atoms with E-state index >= 15 is 0 Å². The summed E-state index contributed by atoms with van der Waals surface area (Å²) < 4.78 is 47.3. The molecule has 0 aliphatic rings. The summed E-state index contributed by atoms with van der Waals surface area (Å²) in [6, 6.07) is 2.52. The third-order valence-corrected chi connectivity index (χ3v) is 7.03. The van der Waals surface area contributed by atoms with Gasteiger partial charge in [-0.25, -0.2) is 4.79 Å². The van der Waals surface area contributed by atoms with Gasteiger partial charge in [0, 0.05) is 23.6 Å². The van der Waals surface area contributed by atoms with Crippen LogP contribution in [-0.2, 0) is 6.18 Å². The maximum absolute atomic E-state index is 13.8. The Hall–Kier alpha value is -3.88. The van der Waals surface area contributed by atoms with Crippen molar-refractivity contribution in [1.82, 2.24) is 4.98 Å². The molecular weight excluding hydrogens is 483 g/mol. The topological polar surface area (TPSA) is 80.3 Å². The molecule has 0 aliphatic carbocycles. The molecule has 0 radical (unpaired) electrons. The fourth-order valence-corrected chi connectivity index (χ4v) is 4.51. The highest BCUT2D eigenvalue weighted by atomic mass is 19.4. The lowest BCUT2D eigenvalue weighted by atomic mass is 9.91. The molecule has 0 spiro atoms. The van der Waals surface area contributed by atoms with Crippen LogP contribution >= 0.6 is 0 Å². The van der Waals surface area contributed by atoms with Gasteiger partial charge in [0.25, 0.3) is 0 Å². The monoisotopic (exact) mass is 513 g/mol. The number of hydrogen-bond donors (Lipinski definition) is 2. The van der Waals surface area contributed by atoms with Crippen LogP contribution in [0.3, 0.4) is 0 Å². The van der Waals surface area contributed by atoms with E-state index in [0.717, 1.165) is 22.3 Å². The van der Waals surface area contributed by atoms with E-state index < -0.39 is 17.8 Å². The molecular formula is C28H30F3N3O3. The number of carbonyl (C=O) groups excluding carboxylic acids is 2. The van der Waals surface area contributed by atoms with Crippen LogP contribution in [0.15, 0.2) is 18.3 Å². The van der Waals surface area contributed by atoms with E-state index in [2.05, 4.69) is 15.6 Å². The lowest BCUT2D eigenvalue weighted by molar-refractivity contribution is -0.138. The van der Waals surface area contributed by atoms with Gasteiger partial charge in [0.1, 0.15) is 17.2 Å². The molecule has 1 aromatic heterocycles. The van der Waals surface area contributed by atoms with Crippen molar-refractivity contribution < 1.29 is 27.5 Å². The highest BCUT2D eigenvalue weighted by Crippen LogP contribution is 2.41. The van der Waals surface area contributed by atoms with Crippen molar-refractivity contribution in [3.05, 3.63) is 74.1 Å². The Bertz CT molecular complexity index is 1380. The van der Waals surface area contributed by atoms with Gasteiger partial charge in [-0.3, -0.25) is 9.78 Å². The lowest BCUT2D eigenvalue weighted by Crippen LogP contribution is -2.24. The number of alkyl halides is 3. The molecule has 196 valence electrons. The number of urea groups is 1. The number of carbonyl (C=O) groups is 2. The number of pyridine rings is 1. The largest absolute Gasteiger partial charge is 0.457 e. The second kappa shape index (κ2) is 10.2. The zero-order chi connectivity index (χ0) is 27.8. The highest BCUT2D eigenvalue weighted by Gasteiger charge is 2.36. The molecule has 2 amide bonds. The molecule has 0 fully saturated rings. The average Bonchev–Trinajstić information content (AvgIpc) is 2.84. The first-order valence-corrected chi connectivity index (χ1v) is 11.6. The van der Waals surface area contributed by atoms with Crippen molar-refractivity contribution >= 4 is 23.7 Å². The fraction of sp³-hybridized carbons (Fsp3) is 0.321. The molecule has 3 aromatic rings. The summed E-state index contributed by atoms with van der Waals surface area (Å²) >= 11 is 0. The Morgan fingerprint density at radius 2 is 1.32 bits per heavy atom. The summed E-state index contributed by atoms with van der Waals surface area (Å²) in [6.07, 6.45) is -2.44. The van der Waals surface area contributed by atoms with Crippen LogP contribution in [-0.4, -0.2) is 17.3 Å². The maximum atomic E-state index is 13.8. The molecule has 0 saturated carbocycles. The molecule has 0 aliphatic heterocycles. The quantitative estimate of drug-likeness (QED) is 0.341. The van der Waals surface area contributed by atoms with E-state index in [1.54, 1.807) is 19.9 Å². The van der Waals surface area contributed by atoms with Crippen molar-refractivity contribution in [2.75, 3.05) is 10.6 Å². The number of amides is 2. The highest BCUT2D eigenvalue weighted by molar-refractivity contribution is 6.02. The minimum absolute atomic E-state index is 0.0279. The predicted molar refractivity (Wildman–Crippen MR) is 138 cm³/mol. The normalized spacial score (nSPS) is 11.3. The van der Waals surface area contributed by atoms with Crippen LogP contribution in [0.4, 0.5) is 29.3 Å². The number of anilines is 2. The molecule has 6 nitrogen and oxygen atoms in total. The van der Waals surface area contributed by atoms with Crippen LogP contribution < -0.4 is 15.4 Å². The molecule has 2 N–H and O–H groups in total. The molecule has 1 heterocycles. The first kappa shape index (κ1) is 27.7. The summed E-state index contributed by atoms with van der Waals surface area (Å²) in [5, 5.41) is 5.47. The van der Waals surface area contributed by atoms with Crippen molar-refractivity contribution in [1.29, 1.82) is 0 Å². The molecule has 0 atom stereocenters. The Balaban J connectivity index is 1.97. The average molecular weight is 514 g/mol.